The van der Waals surface area contributed by atoms with Gasteiger partial charge in [0.1, 0.15) is 0 Å². The van der Waals surface area contributed by atoms with Gasteiger partial charge in [-0.1, -0.05) is 31.2 Å². The molecule has 2 aromatic rings. The Labute approximate surface area is 134 Å². The standard InChI is InChI=1S/C18H18N2O3/c1-3-13-8-10-14(11-9-13)20-18(23)17(22)15-6-4-5-7-16(15)19-12(2)21/h4-11H,3H2,1-2H3,(H,19,21)(H,20,23). The summed E-state index contributed by atoms with van der Waals surface area (Å²) < 4.78 is 0. The highest BCUT2D eigenvalue weighted by atomic mass is 16.2. The van der Waals surface area contributed by atoms with Crippen molar-refractivity contribution in [2.45, 2.75) is 20.3 Å². The SMILES string of the molecule is CCc1ccc(NC(=O)C(=O)c2ccccc2NC(C)=O)cc1. The molecule has 0 aromatic heterocycles. The molecule has 5 heteroatoms. The van der Waals surface area contributed by atoms with Gasteiger partial charge in [0.2, 0.25) is 5.91 Å². The Morgan fingerprint density at radius 1 is 0.913 bits per heavy atom. The highest BCUT2D eigenvalue weighted by Crippen LogP contribution is 2.17. The van der Waals surface area contributed by atoms with Gasteiger partial charge in [-0.2, -0.15) is 0 Å². The van der Waals surface area contributed by atoms with Crippen LogP contribution in [0, 0.1) is 0 Å². The van der Waals surface area contributed by atoms with Gasteiger partial charge in [-0.15, -0.1) is 0 Å². The number of anilines is 2. The van der Waals surface area contributed by atoms with E-state index in [-0.39, 0.29) is 11.5 Å². The third kappa shape index (κ3) is 4.26. The van der Waals surface area contributed by atoms with Gasteiger partial charge < -0.3 is 10.6 Å². The van der Waals surface area contributed by atoms with Gasteiger partial charge in [0.15, 0.2) is 0 Å². The van der Waals surface area contributed by atoms with E-state index >= 15 is 0 Å². The van der Waals surface area contributed by atoms with E-state index in [0.717, 1.165) is 12.0 Å². The van der Waals surface area contributed by atoms with Crippen molar-refractivity contribution in [3.8, 4) is 0 Å². The van der Waals surface area contributed by atoms with Crippen LogP contribution in [0.3, 0.4) is 0 Å². The zero-order chi connectivity index (χ0) is 16.8. The van der Waals surface area contributed by atoms with Crippen molar-refractivity contribution in [3.05, 3.63) is 59.7 Å². The highest BCUT2D eigenvalue weighted by molar-refractivity contribution is 6.47. The predicted molar refractivity (Wildman–Crippen MR) is 89.5 cm³/mol. The number of benzene rings is 2. The summed E-state index contributed by atoms with van der Waals surface area (Å²) in [5.74, 6) is -1.75. The Hall–Kier alpha value is -2.95. The average molecular weight is 310 g/mol. The second kappa shape index (κ2) is 7.35. The summed E-state index contributed by atoms with van der Waals surface area (Å²) in [5.41, 5.74) is 2.18. The molecule has 0 saturated heterocycles. The largest absolute Gasteiger partial charge is 0.326 e. The zero-order valence-corrected chi connectivity index (χ0v) is 13.1. The predicted octanol–water partition coefficient (Wildman–Crippen LogP) is 3.03. The first-order valence-electron chi connectivity index (χ1n) is 7.32. The van der Waals surface area contributed by atoms with E-state index in [2.05, 4.69) is 10.6 Å². The average Bonchev–Trinajstić information content (AvgIpc) is 2.55. The highest BCUT2D eigenvalue weighted by Gasteiger charge is 2.19. The molecular formula is C18H18N2O3. The third-order valence-electron chi connectivity index (χ3n) is 3.31. The van der Waals surface area contributed by atoms with Crippen LogP contribution in [0.25, 0.3) is 0 Å². The molecule has 0 bridgehead atoms. The molecule has 23 heavy (non-hydrogen) atoms. The Bertz CT molecular complexity index is 736. The van der Waals surface area contributed by atoms with Gasteiger partial charge in [-0.3, -0.25) is 14.4 Å². The van der Waals surface area contributed by atoms with E-state index < -0.39 is 11.7 Å². The molecule has 2 N–H and O–H groups in total. The van der Waals surface area contributed by atoms with Crippen LogP contribution in [-0.4, -0.2) is 17.6 Å². The van der Waals surface area contributed by atoms with Crippen molar-refractivity contribution in [3.63, 3.8) is 0 Å². The third-order valence-corrected chi connectivity index (χ3v) is 3.31. The topological polar surface area (TPSA) is 75.3 Å². The van der Waals surface area contributed by atoms with Gasteiger partial charge in [-0.25, -0.2) is 0 Å². The fraction of sp³-hybridized carbons (Fsp3) is 0.167. The van der Waals surface area contributed by atoms with Crippen LogP contribution in [0.1, 0.15) is 29.8 Å². The quantitative estimate of drug-likeness (QED) is 0.658. The number of carbonyl (C=O) groups is 3. The van der Waals surface area contributed by atoms with Crippen molar-refractivity contribution < 1.29 is 14.4 Å². The smallest absolute Gasteiger partial charge is 0.296 e. The number of para-hydroxylation sites is 1. The summed E-state index contributed by atoms with van der Waals surface area (Å²) >= 11 is 0. The first kappa shape index (κ1) is 16.4. The van der Waals surface area contributed by atoms with E-state index in [1.165, 1.54) is 13.0 Å². The number of amides is 2. The minimum absolute atomic E-state index is 0.158. The number of carbonyl (C=O) groups excluding carboxylic acids is 3. The molecule has 0 radical (unpaired) electrons. The Morgan fingerprint density at radius 2 is 1.57 bits per heavy atom. The molecule has 0 heterocycles. The second-order valence-electron chi connectivity index (χ2n) is 5.06. The van der Waals surface area contributed by atoms with E-state index in [1.54, 1.807) is 30.3 Å². The van der Waals surface area contributed by atoms with Crippen molar-refractivity contribution in [1.29, 1.82) is 0 Å². The molecule has 0 aliphatic rings. The fourth-order valence-corrected chi connectivity index (χ4v) is 2.11. The molecule has 0 atom stereocenters. The van der Waals surface area contributed by atoms with E-state index in [9.17, 15) is 14.4 Å². The molecule has 2 aromatic carbocycles. The molecular weight excluding hydrogens is 292 g/mol. The lowest BCUT2D eigenvalue weighted by atomic mass is 10.1. The molecule has 0 unspecified atom stereocenters. The molecule has 2 rings (SSSR count). The van der Waals surface area contributed by atoms with Crippen LogP contribution in [0.15, 0.2) is 48.5 Å². The van der Waals surface area contributed by atoms with Gasteiger partial charge in [0.05, 0.1) is 11.3 Å². The molecule has 5 nitrogen and oxygen atoms in total. The molecule has 0 spiro atoms. The van der Waals surface area contributed by atoms with Gasteiger partial charge >= 0.3 is 0 Å². The van der Waals surface area contributed by atoms with Crippen LogP contribution in [0.2, 0.25) is 0 Å². The number of aryl methyl sites for hydroxylation is 1. The summed E-state index contributed by atoms with van der Waals surface area (Å²) in [4.78, 5) is 35.6. The molecule has 0 aliphatic carbocycles. The van der Waals surface area contributed by atoms with Crippen molar-refractivity contribution >= 4 is 29.0 Å². The number of hydrogen-bond donors (Lipinski definition) is 2. The van der Waals surface area contributed by atoms with Gasteiger partial charge in [0, 0.05) is 12.6 Å². The fourth-order valence-electron chi connectivity index (χ4n) is 2.11. The summed E-state index contributed by atoms with van der Waals surface area (Å²) in [6, 6.07) is 13.7. The maximum Gasteiger partial charge on any atom is 0.296 e. The molecule has 0 saturated carbocycles. The van der Waals surface area contributed by atoms with E-state index in [0.29, 0.717) is 11.4 Å². The minimum atomic E-state index is -0.743. The van der Waals surface area contributed by atoms with Crippen molar-refractivity contribution in [2.75, 3.05) is 10.6 Å². The molecule has 2 amide bonds. The van der Waals surface area contributed by atoms with Crippen molar-refractivity contribution in [2.24, 2.45) is 0 Å². The molecule has 0 fully saturated rings. The Kier molecular flexibility index (Phi) is 5.25. The van der Waals surface area contributed by atoms with Crippen LogP contribution < -0.4 is 10.6 Å². The lowest BCUT2D eigenvalue weighted by Crippen LogP contribution is -2.24. The minimum Gasteiger partial charge on any atom is -0.326 e. The van der Waals surface area contributed by atoms with Crippen LogP contribution in [0.4, 0.5) is 11.4 Å². The summed E-state index contributed by atoms with van der Waals surface area (Å²) in [5, 5.41) is 5.12. The van der Waals surface area contributed by atoms with E-state index in [1.807, 2.05) is 19.1 Å². The maximum atomic E-state index is 12.3. The Morgan fingerprint density at radius 3 is 2.17 bits per heavy atom. The van der Waals surface area contributed by atoms with E-state index in [4.69, 9.17) is 0 Å². The lowest BCUT2D eigenvalue weighted by Gasteiger charge is -2.09. The number of nitrogens with one attached hydrogen (secondary N) is 2. The number of hydrogen-bond acceptors (Lipinski definition) is 3. The monoisotopic (exact) mass is 310 g/mol. The second-order valence-corrected chi connectivity index (χ2v) is 5.06. The molecule has 0 aliphatic heterocycles. The summed E-state index contributed by atoms with van der Waals surface area (Å²) in [7, 11) is 0. The van der Waals surface area contributed by atoms with Gasteiger partial charge in [0.25, 0.3) is 11.7 Å². The summed E-state index contributed by atoms with van der Waals surface area (Å²) in [6.07, 6.45) is 0.900. The Balaban J connectivity index is 2.16. The van der Waals surface area contributed by atoms with Gasteiger partial charge in [-0.05, 0) is 36.2 Å². The molecule has 118 valence electrons. The zero-order valence-electron chi connectivity index (χ0n) is 13.1. The number of rotatable bonds is 5. The number of ketones is 1. The normalized spacial score (nSPS) is 10.0. The maximum absolute atomic E-state index is 12.3. The van der Waals surface area contributed by atoms with Crippen molar-refractivity contribution in [1.82, 2.24) is 0 Å². The first-order chi connectivity index (χ1) is 11.0. The number of Topliss-reactive ketones (excluding diaryl/α,β-unsaturated/α-hetero) is 1. The van der Waals surface area contributed by atoms with Crippen LogP contribution in [0.5, 0.6) is 0 Å². The van der Waals surface area contributed by atoms with Crippen LogP contribution in [-0.2, 0) is 16.0 Å². The summed E-state index contributed by atoms with van der Waals surface area (Å²) in [6.45, 7) is 3.38. The lowest BCUT2D eigenvalue weighted by molar-refractivity contribution is -0.114. The van der Waals surface area contributed by atoms with Crippen LogP contribution >= 0.6 is 0 Å². The first-order valence-corrected chi connectivity index (χ1v) is 7.32.